The number of amides is 2. The first-order valence-corrected chi connectivity index (χ1v) is 10.6. The van der Waals surface area contributed by atoms with E-state index in [0.29, 0.717) is 16.8 Å². The van der Waals surface area contributed by atoms with E-state index in [9.17, 15) is 9.59 Å². The van der Waals surface area contributed by atoms with Crippen LogP contribution in [0.4, 0.5) is 5.69 Å². The van der Waals surface area contributed by atoms with Gasteiger partial charge < -0.3 is 20.2 Å². The third-order valence-electron chi connectivity index (χ3n) is 5.97. The van der Waals surface area contributed by atoms with Crippen molar-refractivity contribution in [2.24, 2.45) is 0 Å². The molecule has 3 heterocycles. The quantitative estimate of drug-likeness (QED) is 0.325. The monoisotopic (exact) mass is 427 g/mol. The first-order chi connectivity index (χ1) is 15.4. The van der Waals surface area contributed by atoms with Gasteiger partial charge in [0.25, 0.3) is 11.8 Å². The van der Waals surface area contributed by atoms with Gasteiger partial charge >= 0.3 is 0 Å². The summed E-state index contributed by atoms with van der Waals surface area (Å²) < 4.78 is 2.13. The Balaban J connectivity index is 1.72. The van der Waals surface area contributed by atoms with Crippen LogP contribution in [-0.4, -0.2) is 46.9 Å². The summed E-state index contributed by atoms with van der Waals surface area (Å²) in [6.45, 7) is 1.73. The molecule has 0 unspecified atom stereocenters. The largest absolute Gasteiger partial charge is 0.399 e. The van der Waals surface area contributed by atoms with Gasteiger partial charge in [-0.1, -0.05) is 24.3 Å². The van der Waals surface area contributed by atoms with E-state index >= 15 is 0 Å². The summed E-state index contributed by atoms with van der Waals surface area (Å²) in [5, 5.41) is 4.32. The Morgan fingerprint density at radius 1 is 0.969 bits per heavy atom. The van der Waals surface area contributed by atoms with E-state index in [2.05, 4.69) is 19.8 Å². The number of fused-ring (bicyclic) bond motifs is 2. The molecule has 5 rings (SSSR count). The minimum Gasteiger partial charge on any atom is -0.399 e. The highest BCUT2D eigenvalue weighted by Gasteiger charge is 2.35. The highest BCUT2D eigenvalue weighted by Crippen LogP contribution is 2.38. The van der Waals surface area contributed by atoms with Crippen molar-refractivity contribution in [3.63, 3.8) is 0 Å². The smallest absolute Gasteiger partial charge is 0.259 e. The number of aromatic amines is 1. The van der Waals surface area contributed by atoms with Crippen LogP contribution in [-0.2, 0) is 16.1 Å². The maximum Gasteiger partial charge on any atom is 0.259 e. The Hall–Kier alpha value is -3.84. The Labute approximate surface area is 185 Å². The van der Waals surface area contributed by atoms with Crippen LogP contribution in [0.3, 0.4) is 0 Å². The predicted molar refractivity (Wildman–Crippen MR) is 128 cm³/mol. The maximum absolute atomic E-state index is 13.0. The molecule has 0 spiro atoms. The van der Waals surface area contributed by atoms with E-state index in [1.807, 2.05) is 62.8 Å². The average molecular weight is 428 g/mol. The van der Waals surface area contributed by atoms with Crippen LogP contribution in [0.15, 0.2) is 54.9 Å². The van der Waals surface area contributed by atoms with Crippen LogP contribution >= 0.6 is 0 Å². The van der Waals surface area contributed by atoms with Crippen LogP contribution in [0.25, 0.3) is 33.0 Å². The number of nitrogens with two attached hydrogens (primary N) is 1. The zero-order valence-electron chi connectivity index (χ0n) is 18.1. The fourth-order valence-corrected chi connectivity index (χ4v) is 4.50. The van der Waals surface area contributed by atoms with Crippen molar-refractivity contribution in [2.45, 2.75) is 13.0 Å². The second kappa shape index (κ2) is 7.69. The number of aryl methyl sites for hydroxylation is 1. The first kappa shape index (κ1) is 20.1. The first-order valence-electron chi connectivity index (χ1n) is 10.6. The van der Waals surface area contributed by atoms with Crippen molar-refractivity contribution in [2.75, 3.05) is 26.4 Å². The van der Waals surface area contributed by atoms with Crippen LogP contribution < -0.4 is 11.1 Å². The number of nitrogens with one attached hydrogen (secondary N) is 2. The fraction of sp³-hybridized carbons (Fsp3) is 0.200. The summed E-state index contributed by atoms with van der Waals surface area (Å²) in [6, 6.07) is 13.4. The number of nitrogen functional groups attached to an aromatic ring is 1. The van der Waals surface area contributed by atoms with Crippen LogP contribution in [0.2, 0.25) is 0 Å². The molecule has 1 aliphatic heterocycles. The number of nitrogens with zero attached hydrogens (tertiary/aromatic N) is 2. The van der Waals surface area contributed by atoms with Crippen molar-refractivity contribution >= 4 is 50.5 Å². The van der Waals surface area contributed by atoms with Crippen molar-refractivity contribution in [3.05, 3.63) is 66.0 Å². The molecular formula is C25H25N5O2. The number of aromatic nitrogens is 2. The van der Waals surface area contributed by atoms with Gasteiger partial charge in [0.05, 0.1) is 16.7 Å². The molecule has 2 aromatic heterocycles. The average Bonchev–Trinajstić information content (AvgIpc) is 3.41. The zero-order chi connectivity index (χ0) is 22.4. The van der Waals surface area contributed by atoms with E-state index in [0.717, 1.165) is 52.4 Å². The van der Waals surface area contributed by atoms with Gasteiger partial charge in [0, 0.05) is 52.0 Å². The minimum absolute atomic E-state index is 0.376. The van der Waals surface area contributed by atoms with Crippen LogP contribution in [0.1, 0.15) is 17.5 Å². The number of imide groups is 1. The summed E-state index contributed by atoms with van der Waals surface area (Å²) in [5.74, 6) is -0.752. The normalized spacial score (nSPS) is 14.3. The number of H-pyrrole nitrogens is 1. The topological polar surface area (TPSA) is 96.1 Å². The lowest BCUT2D eigenvalue weighted by molar-refractivity contribution is -0.122. The number of carbonyl (C=O) groups is 2. The molecule has 162 valence electrons. The molecule has 0 atom stereocenters. The maximum atomic E-state index is 13.0. The number of para-hydroxylation sites is 1. The molecule has 0 aliphatic carbocycles. The molecule has 2 aromatic carbocycles. The van der Waals surface area contributed by atoms with Gasteiger partial charge in [0.1, 0.15) is 0 Å². The third-order valence-corrected chi connectivity index (χ3v) is 5.97. The molecular weight excluding hydrogens is 402 g/mol. The minimum atomic E-state index is -0.376. The summed E-state index contributed by atoms with van der Waals surface area (Å²) in [6.07, 6.45) is 4.72. The molecule has 4 aromatic rings. The molecule has 0 saturated carbocycles. The van der Waals surface area contributed by atoms with E-state index < -0.39 is 0 Å². The molecule has 0 bridgehead atoms. The predicted octanol–water partition coefficient (Wildman–Crippen LogP) is 3.22. The molecule has 32 heavy (non-hydrogen) atoms. The van der Waals surface area contributed by atoms with Gasteiger partial charge in [-0.05, 0) is 45.3 Å². The molecule has 0 saturated heterocycles. The molecule has 2 amide bonds. The second-order valence-electron chi connectivity index (χ2n) is 8.45. The molecule has 7 nitrogen and oxygen atoms in total. The molecule has 0 fully saturated rings. The molecule has 1 aliphatic rings. The summed E-state index contributed by atoms with van der Waals surface area (Å²) >= 11 is 0. The molecule has 7 heteroatoms. The standard InChI is InChI=1S/C25H25N5O2/c1-29(2)10-5-11-30-14-19(17-9-8-15(26)12-21(17)30)23-22(24(31)28-25(23)32)18-13-27-20-7-4-3-6-16(18)20/h3-4,6-9,12-14,27H,5,10-11,26H2,1-2H3,(H,28,31,32). The highest BCUT2D eigenvalue weighted by atomic mass is 16.2. The van der Waals surface area contributed by atoms with Gasteiger partial charge in [0.15, 0.2) is 0 Å². The number of benzene rings is 2. The van der Waals surface area contributed by atoms with Crippen molar-refractivity contribution in [1.82, 2.24) is 19.8 Å². The second-order valence-corrected chi connectivity index (χ2v) is 8.45. The van der Waals surface area contributed by atoms with Crippen molar-refractivity contribution < 1.29 is 9.59 Å². The lowest BCUT2D eigenvalue weighted by Crippen LogP contribution is -2.22. The molecule has 0 radical (unpaired) electrons. The summed E-state index contributed by atoms with van der Waals surface area (Å²) in [5.41, 5.74) is 10.9. The Morgan fingerprint density at radius 3 is 2.50 bits per heavy atom. The number of hydrogen-bond donors (Lipinski definition) is 3. The van der Waals surface area contributed by atoms with Gasteiger partial charge in [-0.15, -0.1) is 0 Å². The van der Waals surface area contributed by atoms with Gasteiger partial charge in [-0.25, -0.2) is 0 Å². The Kier molecular flexibility index (Phi) is 4.83. The van der Waals surface area contributed by atoms with Crippen molar-refractivity contribution in [1.29, 1.82) is 0 Å². The lowest BCUT2D eigenvalue weighted by atomic mass is 9.95. The number of hydrogen-bond acceptors (Lipinski definition) is 4. The van der Waals surface area contributed by atoms with E-state index in [-0.39, 0.29) is 11.8 Å². The van der Waals surface area contributed by atoms with Crippen molar-refractivity contribution in [3.8, 4) is 0 Å². The molecule has 4 N–H and O–H groups in total. The Morgan fingerprint density at radius 2 is 1.72 bits per heavy atom. The Bertz CT molecular complexity index is 1410. The van der Waals surface area contributed by atoms with Gasteiger partial charge in [-0.2, -0.15) is 0 Å². The van der Waals surface area contributed by atoms with Crippen LogP contribution in [0, 0.1) is 0 Å². The zero-order valence-corrected chi connectivity index (χ0v) is 18.1. The third kappa shape index (κ3) is 3.27. The van der Waals surface area contributed by atoms with E-state index in [4.69, 9.17) is 5.73 Å². The number of anilines is 1. The van der Waals surface area contributed by atoms with E-state index in [1.165, 1.54) is 0 Å². The fourth-order valence-electron chi connectivity index (χ4n) is 4.50. The summed E-state index contributed by atoms with van der Waals surface area (Å²) in [7, 11) is 4.09. The highest BCUT2D eigenvalue weighted by molar-refractivity contribution is 6.50. The SMILES string of the molecule is CN(C)CCCn1cc(C2=C(c3c[nH]c4ccccc34)C(=O)NC2=O)c2ccc(N)cc21. The van der Waals surface area contributed by atoms with Gasteiger partial charge in [0.2, 0.25) is 0 Å². The number of carbonyl (C=O) groups excluding carboxylic acids is 2. The van der Waals surface area contributed by atoms with Crippen LogP contribution in [0.5, 0.6) is 0 Å². The number of rotatable bonds is 6. The summed E-state index contributed by atoms with van der Waals surface area (Å²) in [4.78, 5) is 31.3. The van der Waals surface area contributed by atoms with Gasteiger partial charge in [-0.3, -0.25) is 14.9 Å². The lowest BCUT2D eigenvalue weighted by Gasteiger charge is -2.10. The van der Waals surface area contributed by atoms with E-state index in [1.54, 1.807) is 6.20 Å².